The molecule has 0 radical (unpaired) electrons. The number of rotatable bonds is 3. The summed E-state index contributed by atoms with van der Waals surface area (Å²) in [5.74, 6) is 0.279. The van der Waals surface area contributed by atoms with Gasteiger partial charge in [-0.3, -0.25) is 4.79 Å². The molecule has 2 N–H and O–H groups in total. The molecule has 1 unspecified atom stereocenters. The number of hydrogen-bond acceptors (Lipinski definition) is 3. The van der Waals surface area contributed by atoms with Gasteiger partial charge in [-0.15, -0.1) is 0 Å². The largest absolute Gasteiger partial charge is 0.368 e. The summed E-state index contributed by atoms with van der Waals surface area (Å²) in [4.78, 5) is 16.5. The number of hydrogen-bond donors (Lipinski definition) is 1. The Bertz CT molecular complexity index is 465. The summed E-state index contributed by atoms with van der Waals surface area (Å²) in [7, 11) is 0. The van der Waals surface area contributed by atoms with Gasteiger partial charge in [0.1, 0.15) is 0 Å². The van der Waals surface area contributed by atoms with E-state index in [1.165, 1.54) is 11.3 Å². The predicted molar refractivity (Wildman–Crippen MR) is 82.8 cm³/mol. The van der Waals surface area contributed by atoms with Crippen molar-refractivity contribution in [2.45, 2.75) is 26.8 Å². The van der Waals surface area contributed by atoms with Gasteiger partial charge < -0.3 is 15.5 Å². The Morgan fingerprint density at radius 2 is 1.85 bits per heavy atom. The van der Waals surface area contributed by atoms with Crippen LogP contribution in [-0.2, 0) is 4.79 Å². The molecule has 0 aromatic heterocycles. The fourth-order valence-electron chi connectivity index (χ4n) is 2.51. The van der Waals surface area contributed by atoms with Crippen molar-refractivity contribution in [2.24, 2.45) is 11.7 Å². The molecule has 0 saturated carbocycles. The van der Waals surface area contributed by atoms with Crippen molar-refractivity contribution < 1.29 is 4.79 Å². The minimum atomic E-state index is -0.375. The number of nitrogens with two attached hydrogens (primary N) is 1. The Kier molecular flexibility index (Phi) is 4.65. The summed E-state index contributed by atoms with van der Waals surface area (Å²) in [5, 5.41) is 0. The van der Waals surface area contributed by atoms with Crippen LogP contribution in [0.1, 0.15) is 19.4 Å². The number of nitrogens with zero attached hydrogens (tertiary/aromatic N) is 2. The lowest BCUT2D eigenvalue weighted by molar-refractivity contribution is -0.133. The third-order valence-electron chi connectivity index (χ3n) is 3.96. The monoisotopic (exact) mass is 275 g/mol. The molecule has 110 valence electrons. The number of aryl methyl sites for hydroxylation is 1. The Morgan fingerprint density at radius 3 is 2.40 bits per heavy atom. The van der Waals surface area contributed by atoms with Crippen molar-refractivity contribution in [1.82, 2.24) is 4.90 Å². The molecule has 1 aromatic rings. The minimum Gasteiger partial charge on any atom is -0.368 e. The van der Waals surface area contributed by atoms with Gasteiger partial charge in [0.2, 0.25) is 5.91 Å². The molecule has 0 aliphatic carbocycles. The van der Waals surface area contributed by atoms with Crippen LogP contribution in [0.25, 0.3) is 0 Å². The van der Waals surface area contributed by atoms with Gasteiger partial charge in [-0.05, 0) is 30.5 Å². The molecule has 1 saturated heterocycles. The molecule has 0 bridgehead atoms. The van der Waals surface area contributed by atoms with Crippen molar-refractivity contribution >= 4 is 11.6 Å². The number of anilines is 1. The van der Waals surface area contributed by atoms with Crippen LogP contribution in [0, 0.1) is 12.8 Å². The predicted octanol–water partition coefficient (Wildman–Crippen LogP) is 1.63. The van der Waals surface area contributed by atoms with Gasteiger partial charge in [-0.2, -0.15) is 0 Å². The van der Waals surface area contributed by atoms with Crippen LogP contribution < -0.4 is 10.6 Å². The normalized spacial score (nSPS) is 17.4. The summed E-state index contributed by atoms with van der Waals surface area (Å²) < 4.78 is 0. The quantitative estimate of drug-likeness (QED) is 0.912. The van der Waals surface area contributed by atoms with Crippen LogP contribution in [0.4, 0.5) is 5.69 Å². The Labute approximate surface area is 121 Å². The fraction of sp³-hybridized carbons (Fsp3) is 0.562. The Balaban J connectivity index is 1.94. The molecule has 1 atom stereocenters. The third kappa shape index (κ3) is 3.31. The van der Waals surface area contributed by atoms with Crippen LogP contribution in [-0.4, -0.2) is 43.0 Å². The van der Waals surface area contributed by atoms with E-state index in [-0.39, 0.29) is 17.9 Å². The van der Waals surface area contributed by atoms with Gasteiger partial charge in [0, 0.05) is 31.9 Å². The second kappa shape index (κ2) is 6.27. The molecule has 1 aliphatic heterocycles. The number of amides is 1. The van der Waals surface area contributed by atoms with Crippen molar-refractivity contribution in [2.75, 3.05) is 31.1 Å². The van der Waals surface area contributed by atoms with Gasteiger partial charge in [0.25, 0.3) is 0 Å². The van der Waals surface area contributed by atoms with Crippen LogP contribution in [0.15, 0.2) is 24.3 Å². The summed E-state index contributed by atoms with van der Waals surface area (Å²) in [6.07, 6.45) is 0. The average Bonchev–Trinajstić information content (AvgIpc) is 2.46. The summed E-state index contributed by atoms with van der Waals surface area (Å²) in [6, 6.07) is 8.13. The second-order valence-electron chi connectivity index (χ2n) is 5.92. The van der Waals surface area contributed by atoms with E-state index in [0.717, 1.165) is 26.2 Å². The molecule has 0 spiro atoms. The zero-order valence-electron chi connectivity index (χ0n) is 12.7. The van der Waals surface area contributed by atoms with E-state index in [0.29, 0.717) is 0 Å². The van der Waals surface area contributed by atoms with E-state index in [2.05, 4.69) is 36.1 Å². The number of carbonyl (C=O) groups excluding carboxylic acids is 1. The topological polar surface area (TPSA) is 49.6 Å². The number of benzene rings is 1. The first-order chi connectivity index (χ1) is 9.49. The second-order valence-corrected chi connectivity index (χ2v) is 5.92. The average molecular weight is 275 g/mol. The minimum absolute atomic E-state index is 0.0869. The van der Waals surface area contributed by atoms with E-state index in [1.54, 1.807) is 0 Å². The van der Waals surface area contributed by atoms with Crippen molar-refractivity contribution in [1.29, 1.82) is 0 Å². The van der Waals surface area contributed by atoms with Gasteiger partial charge in [-0.1, -0.05) is 26.0 Å². The molecule has 1 heterocycles. The number of carbonyl (C=O) groups is 1. The third-order valence-corrected chi connectivity index (χ3v) is 3.96. The van der Waals surface area contributed by atoms with Crippen LogP contribution in [0.3, 0.4) is 0 Å². The standard InChI is InChI=1S/C16H25N3O/c1-12(2)15(17)16(20)19-9-7-18(8-10-19)14-6-4-5-13(3)11-14/h4-6,11-12,15H,7-10,17H2,1-3H3. The molecule has 1 aliphatic rings. The zero-order valence-corrected chi connectivity index (χ0v) is 12.7. The van der Waals surface area contributed by atoms with Crippen molar-refractivity contribution in [3.63, 3.8) is 0 Å². The first-order valence-electron chi connectivity index (χ1n) is 7.35. The highest BCUT2D eigenvalue weighted by atomic mass is 16.2. The molecule has 4 nitrogen and oxygen atoms in total. The molecule has 20 heavy (non-hydrogen) atoms. The lowest BCUT2D eigenvalue weighted by atomic mass is 10.0. The van der Waals surface area contributed by atoms with Crippen LogP contribution in [0.5, 0.6) is 0 Å². The molecular formula is C16H25N3O. The molecular weight excluding hydrogens is 250 g/mol. The fourth-order valence-corrected chi connectivity index (χ4v) is 2.51. The lowest BCUT2D eigenvalue weighted by Gasteiger charge is -2.37. The maximum atomic E-state index is 12.2. The lowest BCUT2D eigenvalue weighted by Crippen LogP contribution is -2.54. The maximum absolute atomic E-state index is 12.2. The summed E-state index contributed by atoms with van der Waals surface area (Å²) in [6.45, 7) is 9.35. The van der Waals surface area contributed by atoms with Gasteiger partial charge >= 0.3 is 0 Å². The molecule has 1 aromatic carbocycles. The van der Waals surface area contributed by atoms with Crippen molar-refractivity contribution in [3.8, 4) is 0 Å². The van der Waals surface area contributed by atoms with Gasteiger partial charge in [-0.25, -0.2) is 0 Å². The molecule has 2 rings (SSSR count). The van der Waals surface area contributed by atoms with Crippen LogP contribution >= 0.6 is 0 Å². The van der Waals surface area contributed by atoms with E-state index >= 15 is 0 Å². The summed E-state index contributed by atoms with van der Waals surface area (Å²) in [5.41, 5.74) is 8.46. The first-order valence-corrected chi connectivity index (χ1v) is 7.35. The summed E-state index contributed by atoms with van der Waals surface area (Å²) >= 11 is 0. The van der Waals surface area contributed by atoms with Crippen LogP contribution in [0.2, 0.25) is 0 Å². The molecule has 1 amide bonds. The SMILES string of the molecule is Cc1cccc(N2CCN(C(=O)C(N)C(C)C)CC2)c1. The highest BCUT2D eigenvalue weighted by Gasteiger charge is 2.26. The Hall–Kier alpha value is -1.55. The highest BCUT2D eigenvalue weighted by Crippen LogP contribution is 2.18. The van der Waals surface area contributed by atoms with E-state index in [1.807, 2.05) is 18.7 Å². The first kappa shape index (κ1) is 14.9. The van der Waals surface area contributed by atoms with E-state index in [9.17, 15) is 4.79 Å². The molecule has 4 heteroatoms. The Morgan fingerprint density at radius 1 is 1.20 bits per heavy atom. The maximum Gasteiger partial charge on any atom is 0.239 e. The van der Waals surface area contributed by atoms with E-state index < -0.39 is 0 Å². The molecule has 1 fully saturated rings. The number of piperazine rings is 1. The van der Waals surface area contributed by atoms with Gasteiger partial charge in [0.15, 0.2) is 0 Å². The zero-order chi connectivity index (χ0) is 14.7. The van der Waals surface area contributed by atoms with E-state index in [4.69, 9.17) is 5.73 Å². The highest BCUT2D eigenvalue weighted by molar-refractivity contribution is 5.82. The smallest absolute Gasteiger partial charge is 0.239 e. The van der Waals surface area contributed by atoms with Crippen molar-refractivity contribution in [3.05, 3.63) is 29.8 Å². The van der Waals surface area contributed by atoms with Gasteiger partial charge in [0.05, 0.1) is 6.04 Å².